The number of aliphatic hydroxyl groups excluding tert-OH is 1. The molecule has 4 nitrogen and oxygen atoms in total. The number of aryl methyl sites for hydroxylation is 1. The number of aliphatic hydroxyl groups is 1. The lowest BCUT2D eigenvalue weighted by Crippen LogP contribution is -2.43. The number of benzene rings is 1. The van der Waals surface area contributed by atoms with Gasteiger partial charge in [0.25, 0.3) is 0 Å². The highest BCUT2D eigenvalue weighted by Gasteiger charge is 2.21. The standard InChI is InChI=1S/C24H43NO3/c1-5-24(25,19-26)16-15-21-13-14-22(23(18-21)27-4)28-17-11-9-7-6-8-10-12-20(2)3/h13-14,18,20,26H,5-12,15-17,19,25H2,1-4H3/t24-/m0/s1. The highest BCUT2D eigenvalue weighted by molar-refractivity contribution is 5.43. The molecule has 4 heteroatoms. The van der Waals surface area contributed by atoms with E-state index in [9.17, 15) is 5.11 Å². The summed E-state index contributed by atoms with van der Waals surface area (Å²) in [5, 5.41) is 9.46. The molecular weight excluding hydrogens is 350 g/mol. The van der Waals surface area contributed by atoms with E-state index < -0.39 is 5.54 Å². The van der Waals surface area contributed by atoms with Gasteiger partial charge in [-0.25, -0.2) is 0 Å². The van der Waals surface area contributed by atoms with E-state index in [0.29, 0.717) is 0 Å². The van der Waals surface area contributed by atoms with E-state index in [1.54, 1.807) is 7.11 Å². The second kappa shape index (κ2) is 13.8. The van der Waals surface area contributed by atoms with Gasteiger partial charge >= 0.3 is 0 Å². The first kappa shape index (κ1) is 24.8. The van der Waals surface area contributed by atoms with Crippen LogP contribution in [-0.2, 0) is 6.42 Å². The molecule has 0 saturated heterocycles. The number of ether oxygens (including phenoxy) is 2. The molecular formula is C24H43NO3. The van der Waals surface area contributed by atoms with Crippen molar-refractivity contribution in [2.24, 2.45) is 11.7 Å². The Bertz CT molecular complexity index is 527. The molecule has 0 aromatic heterocycles. The first-order valence-electron chi connectivity index (χ1n) is 11.1. The van der Waals surface area contributed by atoms with Crippen LogP contribution in [0, 0.1) is 5.92 Å². The lowest BCUT2D eigenvalue weighted by molar-refractivity contribution is 0.183. The van der Waals surface area contributed by atoms with Crippen LogP contribution in [0.2, 0.25) is 0 Å². The molecule has 0 heterocycles. The van der Waals surface area contributed by atoms with E-state index in [4.69, 9.17) is 15.2 Å². The number of unbranched alkanes of at least 4 members (excludes halogenated alkanes) is 5. The van der Waals surface area contributed by atoms with Crippen molar-refractivity contribution in [1.29, 1.82) is 0 Å². The molecule has 0 amide bonds. The first-order chi connectivity index (χ1) is 13.4. The average Bonchev–Trinajstić information content (AvgIpc) is 2.70. The normalized spacial score (nSPS) is 13.5. The summed E-state index contributed by atoms with van der Waals surface area (Å²) < 4.78 is 11.4. The minimum atomic E-state index is -0.503. The molecule has 0 bridgehead atoms. The van der Waals surface area contributed by atoms with E-state index in [0.717, 1.165) is 55.3 Å². The van der Waals surface area contributed by atoms with Crippen molar-refractivity contribution in [1.82, 2.24) is 0 Å². The molecule has 0 unspecified atom stereocenters. The first-order valence-corrected chi connectivity index (χ1v) is 11.1. The fourth-order valence-corrected chi connectivity index (χ4v) is 3.29. The molecule has 0 spiro atoms. The highest BCUT2D eigenvalue weighted by atomic mass is 16.5. The van der Waals surface area contributed by atoms with Gasteiger partial charge < -0.3 is 20.3 Å². The SMILES string of the molecule is CC[C@@](N)(CO)CCc1ccc(OCCCCCCCCC(C)C)c(OC)c1. The Hall–Kier alpha value is -1.26. The van der Waals surface area contributed by atoms with Crippen LogP contribution in [0.1, 0.15) is 84.1 Å². The zero-order valence-corrected chi connectivity index (χ0v) is 18.6. The zero-order valence-electron chi connectivity index (χ0n) is 18.6. The highest BCUT2D eigenvalue weighted by Crippen LogP contribution is 2.29. The predicted octanol–water partition coefficient (Wildman–Crippen LogP) is 5.49. The minimum absolute atomic E-state index is 0.0134. The van der Waals surface area contributed by atoms with Crippen LogP contribution in [0.5, 0.6) is 11.5 Å². The molecule has 3 N–H and O–H groups in total. The summed E-state index contributed by atoms with van der Waals surface area (Å²) in [4.78, 5) is 0. The van der Waals surface area contributed by atoms with Crippen molar-refractivity contribution in [3.05, 3.63) is 23.8 Å². The van der Waals surface area contributed by atoms with Crippen LogP contribution in [0.25, 0.3) is 0 Å². The molecule has 162 valence electrons. The van der Waals surface area contributed by atoms with Gasteiger partial charge in [0.05, 0.1) is 20.3 Å². The quantitative estimate of drug-likeness (QED) is 0.364. The smallest absolute Gasteiger partial charge is 0.161 e. The van der Waals surface area contributed by atoms with Crippen LogP contribution in [0.3, 0.4) is 0 Å². The van der Waals surface area contributed by atoms with Crippen molar-refractivity contribution in [3.8, 4) is 11.5 Å². The van der Waals surface area contributed by atoms with Crippen LogP contribution in [-0.4, -0.2) is 31.0 Å². The maximum absolute atomic E-state index is 9.46. The third-order valence-corrected chi connectivity index (χ3v) is 5.59. The molecule has 0 aliphatic heterocycles. The largest absolute Gasteiger partial charge is 0.493 e. The average molecular weight is 394 g/mol. The molecule has 1 atom stereocenters. The molecule has 0 aliphatic carbocycles. The fraction of sp³-hybridized carbons (Fsp3) is 0.750. The van der Waals surface area contributed by atoms with E-state index in [2.05, 4.69) is 19.9 Å². The molecule has 1 rings (SSSR count). The van der Waals surface area contributed by atoms with Gasteiger partial charge in [-0.2, -0.15) is 0 Å². The topological polar surface area (TPSA) is 64.7 Å². The lowest BCUT2D eigenvalue weighted by Gasteiger charge is -2.25. The van der Waals surface area contributed by atoms with Gasteiger partial charge in [0.2, 0.25) is 0 Å². The summed E-state index contributed by atoms with van der Waals surface area (Å²) >= 11 is 0. The Labute approximate surface area is 172 Å². The molecule has 1 aromatic carbocycles. The monoisotopic (exact) mass is 393 g/mol. The van der Waals surface area contributed by atoms with Gasteiger partial charge in [0, 0.05) is 5.54 Å². The van der Waals surface area contributed by atoms with Crippen molar-refractivity contribution in [3.63, 3.8) is 0 Å². The van der Waals surface area contributed by atoms with Crippen molar-refractivity contribution in [2.75, 3.05) is 20.3 Å². The summed E-state index contributed by atoms with van der Waals surface area (Å²) in [6.45, 7) is 7.35. The maximum Gasteiger partial charge on any atom is 0.161 e. The zero-order chi connectivity index (χ0) is 20.8. The molecule has 0 saturated carbocycles. The van der Waals surface area contributed by atoms with Crippen LogP contribution in [0.4, 0.5) is 0 Å². The summed E-state index contributed by atoms with van der Waals surface area (Å²) in [5.41, 5.74) is 6.84. The van der Waals surface area contributed by atoms with Crippen LogP contribution < -0.4 is 15.2 Å². The maximum atomic E-state index is 9.46. The second-order valence-corrected chi connectivity index (χ2v) is 8.51. The van der Waals surface area contributed by atoms with Crippen LogP contribution >= 0.6 is 0 Å². The number of hydrogen-bond acceptors (Lipinski definition) is 4. The van der Waals surface area contributed by atoms with Gasteiger partial charge in [-0.1, -0.05) is 65.4 Å². The second-order valence-electron chi connectivity index (χ2n) is 8.51. The van der Waals surface area contributed by atoms with Gasteiger partial charge in [-0.15, -0.1) is 0 Å². The van der Waals surface area contributed by atoms with Gasteiger partial charge in [-0.05, 0) is 49.3 Å². The molecule has 0 fully saturated rings. The summed E-state index contributed by atoms with van der Waals surface area (Å²) in [7, 11) is 1.68. The Kier molecular flexibility index (Phi) is 12.2. The predicted molar refractivity (Wildman–Crippen MR) is 118 cm³/mol. The van der Waals surface area contributed by atoms with Crippen LogP contribution in [0.15, 0.2) is 18.2 Å². The van der Waals surface area contributed by atoms with Crippen molar-refractivity contribution in [2.45, 2.75) is 90.5 Å². The number of hydrogen-bond donors (Lipinski definition) is 2. The third-order valence-electron chi connectivity index (χ3n) is 5.59. The van der Waals surface area contributed by atoms with Gasteiger partial charge in [0.15, 0.2) is 11.5 Å². The van der Waals surface area contributed by atoms with Crippen molar-refractivity contribution < 1.29 is 14.6 Å². The number of nitrogens with two attached hydrogens (primary N) is 1. The van der Waals surface area contributed by atoms with Gasteiger partial charge in [-0.3, -0.25) is 0 Å². The fourth-order valence-electron chi connectivity index (χ4n) is 3.29. The summed E-state index contributed by atoms with van der Waals surface area (Å²) in [6, 6.07) is 6.08. The van der Waals surface area contributed by atoms with Crippen molar-refractivity contribution >= 4 is 0 Å². The lowest BCUT2D eigenvalue weighted by atomic mass is 9.90. The van der Waals surface area contributed by atoms with Gasteiger partial charge in [0.1, 0.15) is 0 Å². The Morgan fingerprint density at radius 1 is 1.04 bits per heavy atom. The van der Waals surface area contributed by atoms with E-state index >= 15 is 0 Å². The number of methoxy groups -OCH3 is 1. The molecule has 28 heavy (non-hydrogen) atoms. The third kappa shape index (κ3) is 9.79. The Morgan fingerprint density at radius 3 is 2.32 bits per heavy atom. The Balaban J connectivity index is 2.32. The minimum Gasteiger partial charge on any atom is -0.493 e. The number of rotatable bonds is 16. The van der Waals surface area contributed by atoms with E-state index in [1.165, 1.54) is 38.5 Å². The molecule has 1 aromatic rings. The Morgan fingerprint density at radius 2 is 1.71 bits per heavy atom. The molecule has 0 radical (unpaired) electrons. The summed E-state index contributed by atoms with van der Waals surface area (Å²) in [6.07, 6.45) is 11.3. The summed E-state index contributed by atoms with van der Waals surface area (Å²) in [5.74, 6) is 2.41. The molecule has 0 aliphatic rings. The van der Waals surface area contributed by atoms with E-state index in [-0.39, 0.29) is 6.61 Å². The van der Waals surface area contributed by atoms with E-state index in [1.807, 2.05) is 19.1 Å².